The molecule has 4 heteroatoms. The molecular weight excluding hydrogens is 292 g/mol. The highest BCUT2D eigenvalue weighted by Gasteiger charge is 2.36. The lowest BCUT2D eigenvalue weighted by atomic mass is 9.98. The molecule has 120 valence electrons. The van der Waals surface area contributed by atoms with E-state index in [9.17, 15) is 4.79 Å². The summed E-state index contributed by atoms with van der Waals surface area (Å²) in [5, 5.41) is 4.20. The average molecular weight is 318 g/mol. The van der Waals surface area contributed by atoms with Crippen molar-refractivity contribution in [2.24, 2.45) is 0 Å². The number of nitrogens with one attached hydrogen (secondary N) is 1. The lowest BCUT2D eigenvalue weighted by Gasteiger charge is -2.35. The molecular formula is C18H26N2OS. The Labute approximate surface area is 137 Å². The summed E-state index contributed by atoms with van der Waals surface area (Å²) in [6, 6.07) is 9.69. The van der Waals surface area contributed by atoms with E-state index in [0.717, 1.165) is 18.4 Å². The Bertz CT molecular complexity index is 516. The Morgan fingerprint density at radius 3 is 2.32 bits per heavy atom. The normalized spacial score (nSPS) is 27.2. The van der Waals surface area contributed by atoms with Crippen LogP contribution in [0.5, 0.6) is 0 Å². The Morgan fingerprint density at radius 1 is 1.18 bits per heavy atom. The topological polar surface area (TPSA) is 32.3 Å². The summed E-state index contributed by atoms with van der Waals surface area (Å²) >= 11 is 1.83. The number of rotatable bonds is 4. The summed E-state index contributed by atoms with van der Waals surface area (Å²) in [6.07, 6.45) is 4.73. The largest absolute Gasteiger partial charge is 0.339 e. The van der Waals surface area contributed by atoms with Crippen LogP contribution in [0.3, 0.4) is 0 Å². The van der Waals surface area contributed by atoms with Crippen LogP contribution in [0.25, 0.3) is 0 Å². The summed E-state index contributed by atoms with van der Waals surface area (Å²) in [5.41, 5.74) is 0.807. The van der Waals surface area contributed by atoms with Crippen molar-refractivity contribution in [3.05, 3.63) is 29.8 Å². The third kappa shape index (κ3) is 3.49. The lowest BCUT2D eigenvalue weighted by molar-refractivity contribution is 0.0681. The molecule has 0 radical (unpaired) electrons. The van der Waals surface area contributed by atoms with E-state index >= 15 is 0 Å². The van der Waals surface area contributed by atoms with Crippen LogP contribution in [-0.4, -0.2) is 41.2 Å². The second-order valence-electron chi connectivity index (χ2n) is 6.87. The molecule has 2 saturated heterocycles. The summed E-state index contributed by atoms with van der Waals surface area (Å²) in [5.74, 6) is 0.160. The number of amides is 1. The van der Waals surface area contributed by atoms with Crippen molar-refractivity contribution in [3.8, 4) is 0 Å². The van der Waals surface area contributed by atoms with E-state index in [1.54, 1.807) is 0 Å². The van der Waals surface area contributed by atoms with Crippen LogP contribution in [-0.2, 0) is 0 Å². The van der Waals surface area contributed by atoms with Gasteiger partial charge in [0.2, 0.25) is 0 Å². The van der Waals surface area contributed by atoms with E-state index in [0.29, 0.717) is 23.4 Å². The van der Waals surface area contributed by atoms with Crippen LogP contribution in [0.15, 0.2) is 29.2 Å². The number of carbonyl (C=O) groups excluding carboxylic acids is 1. The molecule has 1 N–H and O–H groups in total. The molecule has 2 heterocycles. The van der Waals surface area contributed by atoms with Crippen molar-refractivity contribution in [1.29, 1.82) is 0 Å². The summed E-state index contributed by atoms with van der Waals surface area (Å²) in [4.78, 5) is 15.9. The van der Waals surface area contributed by atoms with E-state index < -0.39 is 0 Å². The maximum absolute atomic E-state index is 12.7. The van der Waals surface area contributed by atoms with E-state index in [2.05, 4.69) is 31.3 Å². The van der Waals surface area contributed by atoms with E-state index in [1.165, 1.54) is 17.7 Å². The molecule has 1 aromatic carbocycles. The van der Waals surface area contributed by atoms with Gasteiger partial charge in [-0.3, -0.25) is 4.79 Å². The summed E-state index contributed by atoms with van der Waals surface area (Å²) in [6.45, 7) is 4.37. The number of fused-ring (bicyclic) bond motifs is 2. The van der Waals surface area contributed by atoms with Crippen molar-refractivity contribution < 1.29 is 4.79 Å². The fourth-order valence-corrected chi connectivity index (χ4v) is 4.50. The smallest absolute Gasteiger partial charge is 0.253 e. The minimum atomic E-state index is 0.160. The molecule has 22 heavy (non-hydrogen) atoms. The van der Waals surface area contributed by atoms with E-state index in [1.807, 2.05) is 35.8 Å². The van der Waals surface area contributed by atoms with Gasteiger partial charge in [-0.1, -0.05) is 13.8 Å². The summed E-state index contributed by atoms with van der Waals surface area (Å²) < 4.78 is 0. The van der Waals surface area contributed by atoms with Gasteiger partial charge >= 0.3 is 0 Å². The minimum Gasteiger partial charge on any atom is -0.339 e. The van der Waals surface area contributed by atoms with Gasteiger partial charge in [-0.25, -0.2) is 0 Å². The van der Waals surface area contributed by atoms with Crippen molar-refractivity contribution in [3.63, 3.8) is 0 Å². The third-order valence-electron chi connectivity index (χ3n) is 4.79. The van der Waals surface area contributed by atoms with E-state index in [-0.39, 0.29) is 5.91 Å². The average Bonchev–Trinajstić information content (AvgIpc) is 2.84. The van der Waals surface area contributed by atoms with Crippen molar-refractivity contribution >= 4 is 17.7 Å². The van der Waals surface area contributed by atoms with Crippen LogP contribution >= 0.6 is 11.8 Å². The van der Waals surface area contributed by atoms with Crippen LogP contribution < -0.4 is 5.32 Å². The number of benzene rings is 1. The maximum atomic E-state index is 12.7. The zero-order valence-electron chi connectivity index (χ0n) is 13.7. The summed E-state index contributed by atoms with van der Waals surface area (Å²) in [7, 11) is 1.97. The quantitative estimate of drug-likeness (QED) is 0.862. The SMILES string of the molecule is CC(C)Sc1ccc(C(=O)N(C)C2CC3CCC(C2)N3)cc1. The van der Waals surface area contributed by atoms with Gasteiger partial charge in [-0.2, -0.15) is 0 Å². The van der Waals surface area contributed by atoms with Gasteiger partial charge in [0, 0.05) is 40.9 Å². The molecule has 0 saturated carbocycles. The number of thioether (sulfide) groups is 1. The van der Waals surface area contributed by atoms with Crippen LogP contribution in [0.4, 0.5) is 0 Å². The van der Waals surface area contributed by atoms with Gasteiger partial charge in [0.1, 0.15) is 0 Å². The first-order valence-corrected chi connectivity index (χ1v) is 9.21. The monoisotopic (exact) mass is 318 g/mol. The second kappa shape index (κ2) is 6.63. The molecule has 3 rings (SSSR count). The van der Waals surface area contributed by atoms with Crippen molar-refractivity contribution in [2.75, 3.05) is 7.05 Å². The second-order valence-corrected chi connectivity index (χ2v) is 8.52. The van der Waals surface area contributed by atoms with Gasteiger partial charge in [0.15, 0.2) is 0 Å². The molecule has 1 amide bonds. The van der Waals surface area contributed by atoms with Gasteiger partial charge in [-0.15, -0.1) is 11.8 Å². The molecule has 2 aliphatic heterocycles. The molecule has 0 spiro atoms. The highest BCUT2D eigenvalue weighted by atomic mass is 32.2. The first kappa shape index (κ1) is 15.9. The molecule has 2 fully saturated rings. The Balaban J connectivity index is 1.65. The molecule has 3 nitrogen and oxygen atoms in total. The molecule has 0 aliphatic carbocycles. The van der Waals surface area contributed by atoms with Crippen LogP contribution in [0.2, 0.25) is 0 Å². The predicted octanol–water partition coefficient (Wildman–Crippen LogP) is 3.54. The number of hydrogen-bond donors (Lipinski definition) is 1. The standard InChI is InChI=1S/C18H26N2OS/c1-12(2)22-17-8-4-13(5-9-17)18(21)20(3)16-10-14-6-7-15(11-16)19-14/h4-5,8-9,12,14-16,19H,6-7,10-11H2,1-3H3. The van der Waals surface area contributed by atoms with Gasteiger partial charge in [0.05, 0.1) is 0 Å². The fraction of sp³-hybridized carbons (Fsp3) is 0.611. The van der Waals surface area contributed by atoms with Gasteiger partial charge in [0.25, 0.3) is 5.91 Å². The number of nitrogens with zero attached hydrogens (tertiary/aromatic N) is 1. The minimum absolute atomic E-state index is 0.160. The third-order valence-corrected chi connectivity index (χ3v) is 5.81. The Kier molecular flexibility index (Phi) is 4.79. The fourth-order valence-electron chi connectivity index (χ4n) is 3.66. The molecule has 2 unspecified atom stereocenters. The molecule has 2 bridgehead atoms. The molecule has 0 aromatic heterocycles. The lowest BCUT2D eigenvalue weighted by Crippen LogP contribution is -2.48. The first-order valence-electron chi connectivity index (χ1n) is 8.33. The Hall–Kier alpha value is -1.00. The van der Waals surface area contributed by atoms with Crippen molar-refractivity contribution in [2.45, 2.75) is 67.8 Å². The number of carbonyl (C=O) groups is 1. The zero-order chi connectivity index (χ0) is 15.7. The number of piperidine rings is 1. The highest BCUT2D eigenvalue weighted by Crippen LogP contribution is 2.30. The van der Waals surface area contributed by atoms with Crippen LogP contribution in [0, 0.1) is 0 Å². The highest BCUT2D eigenvalue weighted by molar-refractivity contribution is 7.99. The van der Waals surface area contributed by atoms with Gasteiger partial charge in [-0.05, 0) is 49.9 Å². The maximum Gasteiger partial charge on any atom is 0.253 e. The zero-order valence-corrected chi connectivity index (χ0v) is 14.5. The molecule has 1 aromatic rings. The predicted molar refractivity (Wildman–Crippen MR) is 92.5 cm³/mol. The number of hydrogen-bond acceptors (Lipinski definition) is 3. The Morgan fingerprint density at radius 2 is 1.77 bits per heavy atom. The first-order chi connectivity index (χ1) is 10.5. The van der Waals surface area contributed by atoms with Crippen molar-refractivity contribution in [1.82, 2.24) is 10.2 Å². The van der Waals surface area contributed by atoms with Crippen LogP contribution in [0.1, 0.15) is 49.9 Å². The van der Waals surface area contributed by atoms with E-state index in [4.69, 9.17) is 0 Å². The molecule has 2 atom stereocenters. The van der Waals surface area contributed by atoms with Gasteiger partial charge < -0.3 is 10.2 Å². The molecule has 2 aliphatic rings.